The van der Waals surface area contributed by atoms with E-state index in [-0.39, 0.29) is 12.4 Å². The molecular weight excluding hydrogens is 263 g/mol. The maximum absolute atomic E-state index is 13.3. The average molecular weight is 275 g/mol. The molecule has 0 radical (unpaired) electrons. The molecule has 0 saturated carbocycles. The molecule has 1 amide bonds. The van der Waals surface area contributed by atoms with Crippen molar-refractivity contribution in [1.82, 2.24) is 5.32 Å². The molecule has 0 aliphatic heterocycles. The second-order valence-electron chi connectivity index (χ2n) is 3.24. The van der Waals surface area contributed by atoms with Crippen LogP contribution in [0.15, 0.2) is 22.7 Å². The number of carbonyl (C=O) groups excluding carboxylic acids is 1. The highest BCUT2D eigenvalue weighted by Gasteiger charge is 2.09. The Balaban J connectivity index is 2.62. The lowest BCUT2D eigenvalue weighted by Crippen LogP contribution is -2.38. The van der Waals surface area contributed by atoms with Gasteiger partial charge in [-0.25, -0.2) is 4.39 Å². The van der Waals surface area contributed by atoms with Gasteiger partial charge in [0, 0.05) is 16.6 Å². The summed E-state index contributed by atoms with van der Waals surface area (Å²) in [7, 11) is 0. The van der Waals surface area contributed by atoms with Crippen molar-refractivity contribution in [1.29, 1.82) is 0 Å². The topological polar surface area (TPSA) is 55.1 Å². The number of nitrogens with one attached hydrogen (secondary N) is 1. The molecule has 1 rings (SSSR count). The number of benzene rings is 1. The van der Waals surface area contributed by atoms with Crippen LogP contribution in [0.4, 0.5) is 4.39 Å². The van der Waals surface area contributed by atoms with Gasteiger partial charge in [0.25, 0.3) is 0 Å². The van der Waals surface area contributed by atoms with E-state index in [0.717, 1.165) is 0 Å². The molecule has 3 N–H and O–H groups in total. The van der Waals surface area contributed by atoms with E-state index >= 15 is 0 Å². The molecule has 1 aromatic rings. The lowest BCUT2D eigenvalue weighted by molar-refractivity contribution is -0.119. The van der Waals surface area contributed by atoms with E-state index in [1.54, 1.807) is 19.1 Å². The molecular formula is C10H12BrFN2O. The van der Waals surface area contributed by atoms with Crippen molar-refractivity contribution in [3.8, 4) is 0 Å². The molecule has 0 saturated heterocycles. The molecule has 0 heterocycles. The van der Waals surface area contributed by atoms with Crippen molar-refractivity contribution in [2.45, 2.75) is 19.5 Å². The molecule has 1 unspecified atom stereocenters. The van der Waals surface area contributed by atoms with E-state index < -0.39 is 11.9 Å². The standard InChI is InChI=1S/C10H12BrFN2O/c1-6(10(13)15)14-5-7-2-3-8(11)4-9(7)12/h2-4,6,14H,5H2,1H3,(H2,13,15). The molecule has 1 atom stereocenters. The van der Waals surface area contributed by atoms with Crippen LogP contribution in [0.1, 0.15) is 12.5 Å². The first-order valence-corrected chi connectivity index (χ1v) is 5.26. The fraction of sp³-hybridized carbons (Fsp3) is 0.300. The quantitative estimate of drug-likeness (QED) is 0.876. The van der Waals surface area contributed by atoms with E-state index in [9.17, 15) is 9.18 Å². The lowest BCUT2D eigenvalue weighted by Gasteiger charge is -2.10. The third-order valence-corrected chi connectivity index (χ3v) is 2.53. The van der Waals surface area contributed by atoms with Gasteiger partial charge in [-0.15, -0.1) is 0 Å². The molecule has 0 aliphatic rings. The molecule has 0 spiro atoms. The van der Waals surface area contributed by atoms with Crippen LogP contribution in [-0.2, 0) is 11.3 Å². The number of carbonyl (C=O) groups is 1. The molecule has 0 bridgehead atoms. The van der Waals surface area contributed by atoms with Crippen LogP contribution in [0.25, 0.3) is 0 Å². The largest absolute Gasteiger partial charge is 0.368 e. The minimum Gasteiger partial charge on any atom is -0.368 e. The zero-order chi connectivity index (χ0) is 11.4. The maximum Gasteiger partial charge on any atom is 0.234 e. The van der Waals surface area contributed by atoms with E-state index in [2.05, 4.69) is 21.2 Å². The Morgan fingerprint density at radius 1 is 1.67 bits per heavy atom. The first-order chi connectivity index (χ1) is 7.00. The zero-order valence-corrected chi connectivity index (χ0v) is 9.84. The monoisotopic (exact) mass is 274 g/mol. The van der Waals surface area contributed by atoms with Crippen molar-refractivity contribution in [3.05, 3.63) is 34.1 Å². The first kappa shape index (κ1) is 12.1. The van der Waals surface area contributed by atoms with Crippen LogP contribution < -0.4 is 11.1 Å². The lowest BCUT2D eigenvalue weighted by atomic mass is 10.2. The van der Waals surface area contributed by atoms with Gasteiger partial charge < -0.3 is 11.1 Å². The predicted octanol–water partition coefficient (Wildman–Crippen LogP) is 1.55. The Morgan fingerprint density at radius 2 is 2.33 bits per heavy atom. The van der Waals surface area contributed by atoms with Crippen LogP contribution in [0.3, 0.4) is 0 Å². The summed E-state index contributed by atoms with van der Waals surface area (Å²) < 4.78 is 14.0. The minimum absolute atomic E-state index is 0.281. The third-order valence-electron chi connectivity index (χ3n) is 2.04. The maximum atomic E-state index is 13.3. The molecule has 82 valence electrons. The first-order valence-electron chi connectivity index (χ1n) is 4.47. The normalized spacial score (nSPS) is 12.5. The molecule has 15 heavy (non-hydrogen) atoms. The Labute approximate surface area is 96.0 Å². The van der Waals surface area contributed by atoms with Gasteiger partial charge in [0.1, 0.15) is 5.82 Å². The number of nitrogens with two attached hydrogens (primary N) is 1. The van der Waals surface area contributed by atoms with Crippen LogP contribution >= 0.6 is 15.9 Å². The molecule has 5 heteroatoms. The number of halogens is 2. The summed E-state index contributed by atoms with van der Waals surface area (Å²) in [4.78, 5) is 10.7. The van der Waals surface area contributed by atoms with Crippen LogP contribution in [0.5, 0.6) is 0 Å². The average Bonchev–Trinajstić information content (AvgIpc) is 2.15. The van der Waals surface area contributed by atoms with Crippen molar-refractivity contribution in [2.24, 2.45) is 5.73 Å². The Hall–Kier alpha value is -0.940. The summed E-state index contributed by atoms with van der Waals surface area (Å²) in [5.41, 5.74) is 5.57. The second kappa shape index (κ2) is 5.23. The number of primary amides is 1. The second-order valence-corrected chi connectivity index (χ2v) is 4.16. The Kier molecular flexibility index (Phi) is 4.23. The van der Waals surface area contributed by atoms with Crippen molar-refractivity contribution < 1.29 is 9.18 Å². The van der Waals surface area contributed by atoms with Gasteiger partial charge in [-0.1, -0.05) is 22.0 Å². The van der Waals surface area contributed by atoms with Crippen molar-refractivity contribution in [2.75, 3.05) is 0 Å². The van der Waals surface area contributed by atoms with Crippen LogP contribution in [0, 0.1) is 5.82 Å². The van der Waals surface area contributed by atoms with Crippen LogP contribution in [-0.4, -0.2) is 11.9 Å². The molecule has 0 fully saturated rings. The third kappa shape index (κ3) is 3.60. The molecule has 1 aromatic carbocycles. The van der Waals surface area contributed by atoms with Gasteiger partial charge >= 0.3 is 0 Å². The molecule has 0 aliphatic carbocycles. The van der Waals surface area contributed by atoms with Crippen LogP contribution in [0.2, 0.25) is 0 Å². The number of rotatable bonds is 4. The summed E-state index contributed by atoms with van der Waals surface area (Å²) in [5, 5.41) is 2.83. The summed E-state index contributed by atoms with van der Waals surface area (Å²) in [6, 6.07) is 4.31. The summed E-state index contributed by atoms with van der Waals surface area (Å²) in [5.74, 6) is -0.763. The highest BCUT2D eigenvalue weighted by molar-refractivity contribution is 9.10. The van der Waals surface area contributed by atoms with Crippen molar-refractivity contribution in [3.63, 3.8) is 0 Å². The highest BCUT2D eigenvalue weighted by Crippen LogP contribution is 2.15. The van der Waals surface area contributed by atoms with Gasteiger partial charge in [-0.3, -0.25) is 4.79 Å². The smallest absolute Gasteiger partial charge is 0.234 e. The summed E-state index contributed by atoms with van der Waals surface area (Å²) in [6.07, 6.45) is 0. The van der Waals surface area contributed by atoms with Gasteiger partial charge in [0.05, 0.1) is 6.04 Å². The molecule has 0 aromatic heterocycles. The SMILES string of the molecule is CC(NCc1ccc(Br)cc1F)C(N)=O. The fourth-order valence-corrected chi connectivity index (χ4v) is 1.36. The summed E-state index contributed by atoms with van der Waals surface area (Å²) in [6.45, 7) is 1.92. The van der Waals surface area contributed by atoms with Gasteiger partial charge in [0.2, 0.25) is 5.91 Å². The number of amides is 1. The minimum atomic E-state index is -0.465. The predicted molar refractivity (Wildman–Crippen MR) is 59.6 cm³/mol. The zero-order valence-electron chi connectivity index (χ0n) is 8.26. The van der Waals surface area contributed by atoms with Gasteiger partial charge in [-0.05, 0) is 19.1 Å². The van der Waals surface area contributed by atoms with E-state index in [0.29, 0.717) is 10.0 Å². The molecule has 3 nitrogen and oxygen atoms in total. The van der Waals surface area contributed by atoms with Gasteiger partial charge in [0.15, 0.2) is 0 Å². The van der Waals surface area contributed by atoms with E-state index in [4.69, 9.17) is 5.73 Å². The Bertz CT molecular complexity index is 370. The summed E-state index contributed by atoms with van der Waals surface area (Å²) >= 11 is 3.17. The fourth-order valence-electron chi connectivity index (χ4n) is 1.03. The van der Waals surface area contributed by atoms with E-state index in [1.165, 1.54) is 6.07 Å². The van der Waals surface area contributed by atoms with E-state index in [1.807, 2.05) is 0 Å². The van der Waals surface area contributed by atoms with Gasteiger partial charge in [-0.2, -0.15) is 0 Å². The number of hydrogen-bond donors (Lipinski definition) is 2. The van der Waals surface area contributed by atoms with Crippen molar-refractivity contribution >= 4 is 21.8 Å². The number of hydrogen-bond acceptors (Lipinski definition) is 2. The highest BCUT2D eigenvalue weighted by atomic mass is 79.9. The Morgan fingerprint density at radius 3 is 2.87 bits per heavy atom.